The second-order valence-corrected chi connectivity index (χ2v) is 13.8. The Morgan fingerprint density at radius 2 is 0.618 bits per heavy atom. The average molecular weight is 737 g/mol. The number of rotatable bonds is 14. The highest BCUT2D eigenvalue weighted by Gasteiger charge is 2.46. The number of methoxy groups -OCH3 is 4. The molecule has 55 heavy (non-hydrogen) atoms. The highest BCUT2D eigenvalue weighted by molar-refractivity contribution is 5.51. The third kappa shape index (κ3) is 7.69. The van der Waals surface area contributed by atoms with Crippen LogP contribution in [0.1, 0.15) is 52.6 Å². The summed E-state index contributed by atoms with van der Waals surface area (Å²) in [6, 6.07) is 52.6. The fourth-order valence-corrected chi connectivity index (χ4v) is 7.94. The van der Waals surface area contributed by atoms with Gasteiger partial charge in [0.2, 0.25) is 0 Å². The van der Waals surface area contributed by atoms with Crippen LogP contribution >= 0.6 is 0 Å². The summed E-state index contributed by atoms with van der Waals surface area (Å²) in [6.45, 7) is 0. The first-order chi connectivity index (χ1) is 26.9. The number of aliphatic hydroxyl groups is 1. The van der Waals surface area contributed by atoms with Crippen LogP contribution in [0, 0.1) is 0 Å². The predicted molar refractivity (Wildman–Crippen MR) is 214 cm³/mol. The number of hydrogen-bond acceptors (Lipinski definition) is 7. The van der Waals surface area contributed by atoms with Crippen LogP contribution in [-0.2, 0) is 20.7 Å². The van der Waals surface area contributed by atoms with E-state index in [1.165, 1.54) is 0 Å². The van der Waals surface area contributed by atoms with E-state index in [0.717, 1.165) is 56.4 Å². The molecule has 0 radical (unpaired) electrons. The molecule has 7 nitrogen and oxygen atoms in total. The lowest BCUT2D eigenvalue weighted by Crippen LogP contribution is -2.46. The lowest BCUT2D eigenvalue weighted by atomic mass is 9.78. The van der Waals surface area contributed by atoms with Gasteiger partial charge in [0.05, 0.1) is 46.8 Å². The van der Waals surface area contributed by atoms with E-state index in [9.17, 15) is 5.11 Å². The van der Waals surface area contributed by atoms with Gasteiger partial charge in [-0.05, 0) is 94.8 Å². The van der Waals surface area contributed by atoms with E-state index in [-0.39, 0.29) is 0 Å². The molecule has 7 heteroatoms. The Labute approximate surface area is 324 Å². The van der Waals surface area contributed by atoms with Crippen molar-refractivity contribution in [1.29, 1.82) is 0 Å². The minimum Gasteiger partial charge on any atom is -0.497 e. The molecule has 7 rings (SSSR count). The molecule has 1 aliphatic rings. The SMILES string of the molecule is COc1ccc(C(O[C@@H]2CC(O)C[C@@H](OC(c3ccccc3)(c3ccc(OC)cc3)c3ccc(OC)cc3)C2)(c2ccccc2)c2ccc(OC)cc2)cc1. The molecule has 0 amide bonds. The van der Waals surface area contributed by atoms with Gasteiger partial charge in [0.1, 0.15) is 34.2 Å². The van der Waals surface area contributed by atoms with Crippen molar-refractivity contribution in [3.05, 3.63) is 191 Å². The van der Waals surface area contributed by atoms with Gasteiger partial charge in [0, 0.05) is 6.42 Å². The molecule has 0 bridgehead atoms. The normalized spacial score (nSPS) is 17.3. The van der Waals surface area contributed by atoms with Gasteiger partial charge in [0.25, 0.3) is 0 Å². The van der Waals surface area contributed by atoms with Gasteiger partial charge in [-0.3, -0.25) is 0 Å². The van der Waals surface area contributed by atoms with E-state index >= 15 is 0 Å². The van der Waals surface area contributed by atoms with Crippen LogP contribution < -0.4 is 18.9 Å². The van der Waals surface area contributed by atoms with Crippen molar-refractivity contribution >= 4 is 0 Å². The Morgan fingerprint density at radius 1 is 0.364 bits per heavy atom. The minimum atomic E-state index is -1.05. The minimum absolute atomic E-state index is 0.404. The summed E-state index contributed by atoms with van der Waals surface area (Å²) in [5.41, 5.74) is 3.53. The summed E-state index contributed by atoms with van der Waals surface area (Å²) in [4.78, 5) is 0. The zero-order valence-corrected chi connectivity index (χ0v) is 31.8. The van der Waals surface area contributed by atoms with Crippen molar-refractivity contribution in [3.63, 3.8) is 0 Å². The lowest BCUT2D eigenvalue weighted by molar-refractivity contribution is -0.144. The summed E-state index contributed by atoms with van der Waals surface area (Å²) < 4.78 is 37.3. The Bertz CT molecular complexity index is 1830. The maximum Gasteiger partial charge on any atom is 0.144 e. The van der Waals surface area contributed by atoms with Gasteiger partial charge in [-0.15, -0.1) is 0 Å². The average Bonchev–Trinajstić information content (AvgIpc) is 3.25. The Balaban J connectivity index is 1.34. The molecule has 0 heterocycles. The van der Waals surface area contributed by atoms with Crippen LogP contribution in [0.5, 0.6) is 23.0 Å². The Hall–Kier alpha value is -5.60. The van der Waals surface area contributed by atoms with E-state index in [2.05, 4.69) is 72.8 Å². The number of aliphatic hydroxyl groups excluding tert-OH is 1. The lowest BCUT2D eigenvalue weighted by Gasteiger charge is -2.45. The predicted octanol–water partition coefficient (Wildman–Crippen LogP) is 9.32. The molecule has 0 spiro atoms. The van der Waals surface area contributed by atoms with E-state index in [1.807, 2.05) is 84.9 Å². The fourth-order valence-electron chi connectivity index (χ4n) is 7.94. The second-order valence-electron chi connectivity index (χ2n) is 13.8. The van der Waals surface area contributed by atoms with Gasteiger partial charge in [0.15, 0.2) is 0 Å². The van der Waals surface area contributed by atoms with Crippen LogP contribution in [0.15, 0.2) is 158 Å². The highest BCUT2D eigenvalue weighted by atomic mass is 16.5. The molecule has 1 N–H and O–H groups in total. The van der Waals surface area contributed by atoms with Gasteiger partial charge < -0.3 is 33.5 Å². The molecular formula is C48H48O7. The fraction of sp³-hybridized carbons (Fsp3) is 0.250. The summed E-state index contributed by atoms with van der Waals surface area (Å²) >= 11 is 0. The maximum absolute atomic E-state index is 11.7. The van der Waals surface area contributed by atoms with Crippen LogP contribution in [0.2, 0.25) is 0 Å². The van der Waals surface area contributed by atoms with Crippen LogP contribution in [-0.4, -0.2) is 51.9 Å². The highest BCUT2D eigenvalue weighted by Crippen LogP contribution is 2.47. The van der Waals surface area contributed by atoms with Gasteiger partial charge in [-0.1, -0.05) is 109 Å². The first-order valence-electron chi connectivity index (χ1n) is 18.6. The van der Waals surface area contributed by atoms with Crippen LogP contribution in [0.25, 0.3) is 0 Å². The monoisotopic (exact) mass is 736 g/mol. The largest absolute Gasteiger partial charge is 0.497 e. The van der Waals surface area contributed by atoms with Gasteiger partial charge in [-0.25, -0.2) is 0 Å². The Morgan fingerprint density at radius 3 is 0.873 bits per heavy atom. The molecule has 6 aromatic carbocycles. The summed E-state index contributed by atoms with van der Waals surface area (Å²) in [5.74, 6) is 2.99. The molecule has 0 saturated heterocycles. The Kier molecular flexibility index (Phi) is 11.5. The number of benzene rings is 6. The molecular weight excluding hydrogens is 689 g/mol. The summed E-state index contributed by atoms with van der Waals surface area (Å²) in [6.07, 6.45) is -0.0893. The van der Waals surface area contributed by atoms with Crippen molar-refractivity contribution < 1.29 is 33.5 Å². The first kappa shape index (κ1) is 37.7. The molecule has 0 aliphatic heterocycles. The second kappa shape index (κ2) is 16.8. The third-order valence-electron chi connectivity index (χ3n) is 10.6. The molecule has 2 atom stereocenters. The van der Waals surface area contributed by atoms with Crippen molar-refractivity contribution in [2.45, 2.75) is 48.8 Å². The maximum atomic E-state index is 11.7. The van der Waals surface area contributed by atoms with Crippen molar-refractivity contribution in [3.8, 4) is 23.0 Å². The number of ether oxygens (including phenoxy) is 6. The zero-order chi connectivity index (χ0) is 38.3. The van der Waals surface area contributed by atoms with Crippen molar-refractivity contribution in [2.24, 2.45) is 0 Å². The van der Waals surface area contributed by atoms with Gasteiger partial charge >= 0.3 is 0 Å². The topological polar surface area (TPSA) is 75.6 Å². The molecule has 282 valence electrons. The van der Waals surface area contributed by atoms with Gasteiger partial charge in [-0.2, -0.15) is 0 Å². The molecule has 1 fully saturated rings. The first-order valence-corrected chi connectivity index (χ1v) is 18.6. The van der Waals surface area contributed by atoms with E-state index in [1.54, 1.807) is 28.4 Å². The smallest absolute Gasteiger partial charge is 0.144 e. The van der Waals surface area contributed by atoms with E-state index < -0.39 is 29.5 Å². The summed E-state index contributed by atoms with van der Waals surface area (Å²) in [7, 11) is 6.65. The van der Waals surface area contributed by atoms with Crippen molar-refractivity contribution in [2.75, 3.05) is 28.4 Å². The van der Waals surface area contributed by atoms with Crippen LogP contribution in [0.3, 0.4) is 0 Å². The quantitative estimate of drug-likeness (QED) is 0.112. The third-order valence-corrected chi connectivity index (χ3v) is 10.6. The number of hydrogen-bond donors (Lipinski definition) is 1. The van der Waals surface area contributed by atoms with Crippen LogP contribution in [0.4, 0.5) is 0 Å². The molecule has 0 unspecified atom stereocenters. The summed E-state index contributed by atoms with van der Waals surface area (Å²) in [5, 5.41) is 11.7. The molecule has 1 saturated carbocycles. The van der Waals surface area contributed by atoms with Crippen molar-refractivity contribution in [1.82, 2.24) is 0 Å². The molecule has 6 aromatic rings. The molecule has 1 aliphatic carbocycles. The standard InChI is InChI=1S/C48H48O7/c1-50-41-23-15-36(16-24-41)47(34-11-7-5-8-12-34,37-17-25-42(51-2)26-18-37)54-45-31-40(49)32-46(33-45)55-48(35-13-9-6-10-14-35,38-19-27-43(52-3)28-20-38)39-21-29-44(53-4)30-22-39/h5-30,40,45-46,49H,31-33H2,1-4H3/t45-,46-/m1/s1. The van der Waals surface area contributed by atoms with E-state index in [0.29, 0.717) is 19.3 Å². The molecule has 0 aromatic heterocycles. The van der Waals surface area contributed by atoms with E-state index in [4.69, 9.17) is 28.4 Å². The zero-order valence-electron chi connectivity index (χ0n) is 31.8.